The number of aromatic nitrogens is 3. The highest BCUT2D eigenvalue weighted by atomic mass is 35.5. The van der Waals surface area contributed by atoms with Crippen LogP contribution in [0.2, 0.25) is 5.02 Å². The molecule has 0 N–H and O–H groups in total. The molecule has 0 radical (unpaired) electrons. The van der Waals surface area contributed by atoms with Gasteiger partial charge in [0.1, 0.15) is 17.3 Å². The molecule has 0 bridgehead atoms. The van der Waals surface area contributed by atoms with Crippen molar-refractivity contribution in [2.75, 3.05) is 31.2 Å². The van der Waals surface area contributed by atoms with E-state index in [4.69, 9.17) is 16.6 Å². The van der Waals surface area contributed by atoms with Crippen LogP contribution in [-0.2, 0) is 4.79 Å². The number of rotatable bonds is 3. The van der Waals surface area contributed by atoms with Gasteiger partial charge in [-0.25, -0.2) is 14.4 Å². The second kappa shape index (κ2) is 9.29. The molecule has 3 aromatic rings. The minimum atomic E-state index is -0.614. The van der Waals surface area contributed by atoms with Crippen LogP contribution < -0.4 is 10.5 Å². The molecule has 1 spiro atoms. The van der Waals surface area contributed by atoms with Crippen LogP contribution >= 0.6 is 11.6 Å². The van der Waals surface area contributed by atoms with Gasteiger partial charge < -0.3 is 9.80 Å². The fourth-order valence-electron chi connectivity index (χ4n) is 6.78. The van der Waals surface area contributed by atoms with Crippen molar-refractivity contribution in [1.82, 2.24) is 19.3 Å². The summed E-state index contributed by atoms with van der Waals surface area (Å²) in [5.41, 5.74) is 0.822. The van der Waals surface area contributed by atoms with E-state index in [1.165, 1.54) is 16.5 Å². The zero-order valence-corrected chi connectivity index (χ0v) is 22.3. The maximum Gasteiger partial charge on any atom is 0.261 e. The predicted molar refractivity (Wildman–Crippen MR) is 142 cm³/mol. The van der Waals surface area contributed by atoms with E-state index in [0.717, 1.165) is 32.1 Å². The molecular formula is C28H30ClF2N5O2. The van der Waals surface area contributed by atoms with Gasteiger partial charge in [-0.2, -0.15) is 0 Å². The molecule has 3 fully saturated rings. The lowest BCUT2D eigenvalue weighted by Gasteiger charge is -2.40. The van der Waals surface area contributed by atoms with Crippen LogP contribution in [0.3, 0.4) is 0 Å². The van der Waals surface area contributed by atoms with Crippen LogP contribution in [0, 0.1) is 31.0 Å². The average molecular weight is 542 g/mol. The Hall–Kier alpha value is -3.07. The van der Waals surface area contributed by atoms with E-state index in [2.05, 4.69) is 4.98 Å². The number of amides is 1. The number of nitrogens with zero attached hydrogens (tertiary/aromatic N) is 5. The minimum absolute atomic E-state index is 0.0893. The van der Waals surface area contributed by atoms with Crippen LogP contribution in [-0.4, -0.2) is 57.5 Å². The Morgan fingerprint density at radius 1 is 1.11 bits per heavy atom. The molecule has 38 heavy (non-hydrogen) atoms. The number of hydrogen-bond donors (Lipinski definition) is 0. The SMILES string of the molecule is Cc1nc2c(-c3ccc(Cl)cc3F)nc(N3CCN4C(=O)C5(CCCCC5)C(CF)[C@H]4C3)cn2c(=O)c1C. The molecular weight excluding hydrogens is 512 g/mol. The summed E-state index contributed by atoms with van der Waals surface area (Å²) in [6.45, 7) is 4.22. The summed E-state index contributed by atoms with van der Waals surface area (Å²) in [5.74, 6) is -0.393. The first-order chi connectivity index (χ1) is 18.2. The fraction of sp³-hybridized carbons (Fsp3) is 0.500. The standard InChI is InChI=1S/C28H30ClF2N5O2/c1-16-17(2)32-25-24(19-7-6-18(29)12-21(19)31)33-23(15-36(25)26(16)37)34-10-11-35-22(14-34)20(13-30)28(27(35)38)8-4-3-5-9-28/h6-7,12,15,20,22H,3-5,8-11,13-14H2,1-2H3/t20?,22-/m1/s1. The largest absolute Gasteiger partial charge is 0.352 e. The lowest BCUT2D eigenvalue weighted by atomic mass is 9.66. The Bertz CT molecular complexity index is 1500. The Morgan fingerprint density at radius 2 is 1.87 bits per heavy atom. The Kier molecular flexibility index (Phi) is 6.17. The molecule has 4 heterocycles. The van der Waals surface area contributed by atoms with Gasteiger partial charge in [0.2, 0.25) is 5.91 Å². The maximum atomic E-state index is 15.1. The highest BCUT2D eigenvalue weighted by Gasteiger charge is 2.59. The van der Waals surface area contributed by atoms with Crippen molar-refractivity contribution in [3.63, 3.8) is 0 Å². The van der Waals surface area contributed by atoms with Gasteiger partial charge in [-0.1, -0.05) is 30.9 Å². The third kappa shape index (κ3) is 3.73. The van der Waals surface area contributed by atoms with Crippen molar-refractivity contribution in [2.24, 2.45) is 11.3 Å². The third-order valence-corrected chi connectivity index (χ3v) is 9.20. The smallest absolute Gasteiger partial charge is 0.261 e. The van der Waals surface area contributed by atoms with Gasteiger partial charge in [-0.15, -0.1) is 0 Å². The van der Waals surface area contributed by atoms with Gasteiger partial charge in [0.15, 0.2) is 5.65 Å². The number of anilines is 1. The van der Waals surface area contributed by atoms with Crippen molar-refractivity contribution in [3.05, 3.63) is 56.8 Å². The molecule has 2 atom stereocenters. The van der Waals surface area contributed by atoms with Gasteiger partial charge in [-0.05, 0) is 44.9 Å². The summed E-state index contributed by atoms with van der Waals surface area (Å²) in [6.07, 6.45) is 6.08. The van der Waals surface area contributed by atoms with Crippen molar-refractivity contribution in [3.8, 4) is 11.3 Å². The maximum absolute atomic E-state index is 15.1. The van der Waals surface area contributed by atoms with Crippen molar-refractivity contribution in [2.45, 2.75) is 52.0 Å². The topological polar surface area (TPSA) is 70.8 Å². The summed E-state index contributed by atoms with van der Waals surface area (Å²) < 4.78 is 31.1. The number of aryl methyl sites for hydroxylation is 1. The normalized spacial score (nSPS) is 22.9. The van der Waals surface area contributed by atoms with E-state index in [0.29, 0.717) is 36.7 Å². The molecule has 1 aromatic carbocycles. The fourth-order valence-corrected chi connectivity index (χ4v) is 6.94. The lowest BCUT2D eigenvalue weighted by molar-refractivity contribution is -0.139. The zero-order valence-electron chi connectivity index (χ0n) is 21.5. The zero-order chi connectivity index (χ0) is 26.8. The highest BCUT2D eigenvalue weighted by Crippen LogP contribution is 2.52. The van der Waals surface area contributed by atoms with Crippen LogP contribution in [0.4, 0.5) is 14.6 Å². The second-order valence-corrected chi connectivity index (χ2v) is 11.3. The van der Waals surface area contributed by atoms with Crippen LogP contribution in [0.1, 0.15) is 43.4 Å². The summed E-state index contributed by atoms with van der Waals surface area (Å²) in [5, 5.41) is 0.250. The number of carbonyl (C=O) groups is 1. The highest BCUT2D eigenvalue weighted by molar-refractivity contribution is 6.30. The van der Waals surface area contributed by atoms with Gasteiger partial charge in [0, 0.05) is 47.4 Å². The van der Waals surface area contributed by atoms with E-state index in [-0.39, 0.29) is 45.4 Å². The quantitative estimate of drug-likeness (QED) is 0.479. The number of piperazine rings is 1. The molecule has 2 aliphatic heterocycles. The lowest BCUT2D eigenvalue weighted by Crippen LogP contribution is -2.53. The van der Waals surface area contributed by atoms with E-state index in [1.807, 2.05) is 9.80 Å². The predicted octanol–water partition coefficient (Wildman–Crippen LogP) is 4.73. The minimum Gasteiger partial charge on any atom is -0.352 e. The molecule has 6 rings (SSSR count). The van der Waals surface area contributed by atoms with Gasteiger partial charge in [0.05, 0.1) is 24.3 Å². The van der Waals surface area contributed by atoms with Gasteiger partial charge in [-0.3, -0.25) is 18.4 Å². The summed E-state index contributed by atoms with van der Waals surface area (Å²) in [6, 6.07) is 4.04. The molecule has 1 amide bonds. The molecule has 1 unspecified atom stereocenters. The first-order valence-electron chi connectivity index (χ1n) is 13.2. The average Bonchev–Trinajstić information content (AvgIpc) is 3.13. The molecule has 3 aliphatic rings. The first-order valence-corrected chi connectivity index (χ1v) is 13.6. The van der Waals surface area contributed by atoms with E-state index < -0.39 is 17.9 Å². The number of carbonyl (C=O) groups excluding carboxylic acids is 1. The molecule has 10 heteroatoms. The number of alkyl halides is 1. The van der Waals surface area contributed by atoms with E-state index >= 15 is 4.39 Å². The Labute approximate surface area is 224 Å². The Morgan fingerprint density at radius 3 is 2.58 bits per heavy atom. The molecule has 2 aromatic heterocycles. The number of fused-ring (bicyclic) bond motifs is 2. The van der Waals surface area contributed by atoms with Crippen molar-refractivity contribution < 1.29 is 13.6 Å². The third-order valence-electron chi connectivity index (χ3n) is 8.97. The van der Waals surface area contributed by atoms with Crippen LogP contribution in [0.25, 0.3) is 16.9 Å². The molecule has 1 saturated carbocycles. The van der Waals surface area contributed by atoms with Gasteiger partial charge in [0.25, 0.3) is 5.56 Å². The van der Waals surface area contributed by atoms with Crippen LogP contribution in [0.15, 0.2) is 29.2 Å². The van der Waals surface area contributed by atoms with Gasteiger partial charge >= 0.3 is 0 Å². The van der Waals surface area contributed by atoms with Crippen molar-refractivity contribution in [1.29, 1.82) is 0 Å². The molecule has 1 aliphatic carbocycles. The van der Waals surface area contributed by atoms with E-state index in [9.17, 15) is 14.0 Å². The number of halogens is 3. The molecule has 200 valence electrons. The van der Waals surface area contributed by atoms with Crippen LogP contribution in [0.5, 0.6) is 0 Å². The monoisotopic (exact) mass is 541 g/mol. The molecule has 7 nitrogen and oxygen atoms in total. The summed E-state index contributed by atoms with van der Waals surface area (Å²) in [7, 11) is 0. The first kappa shape index (κ1) is 25.2. The Balaban J connectivity index is 1.46. The number of benzene rings is 1. The summed E-state index contributed by atoms with van der Waals surface area (Å²) in [4.78, 5) is 40.1. The number of hydrogen-bond acceptors (Lipinski definition) is 5. The molecule has 2 saturated heterocycles. The summed E-state index contributed by atoms with van der Waals surface area (Å²) >= 11 is 6.00. The second-order valence-electron chi connectivity index (χ2n) is 10.9. The van der Waals surface area contributed by atoms with E-state index in [1.54, 1.807) is 26.1 Å². The van der Waals surface area contributed by atoms with Crippen molar-refractivity contribution >= 4 is 29.0 Å².